The van der Waals surface area contributed by atoms with Gasteiger partial charge in [-0.2, -0.15) is 0 Å². The van der Waals surface area contributed by atoms with E-state index < -0.39 is 0 Å². The van der Waals surface area contributed by atoms with E-state index in [-0.39, 0.29) is 30.2 Å². The zero-order valence-corrected chi connectivity index (χ0v) is 18.6. The molecule has 3 N–H and O–H groups in total. The Labute approximate surface area is 192 Å². The van der Waals surface area contributed by atoms with E-state index in [2.05, 4.69) is 25.8 Å². The molecular formula is C25H28FN5O2. The number of hydrogen-bond donors (Lipinski definition) is 3. The van der Waals surface area contributed by atoms with E-state index in [0.29, 0.717) is 13.1 Å². The number of aryl methyl sites for hydroxylation is 1. The van der Waals surface area contributed by atoms with Crippen LogP contribution in [0.25, 0.3) is 10.9 Å². The predicted octanol–water partition coefficient (Wildman–Crippen LogP) is 3.24. The molecule has 1 unspecified atom stereocenters. The highest BCUT2D eigenvalue weighted by Gasteiger charge is 2.23. The minimum atomic E-state index is -0.308. The summed E-state index contributed by atoms with van der Waals surface area (Å²) in [6, 6.07) is 15.4. The molecule has 3 amide bonds. The van der Waals surface area contributed by atoms with Crippen LogP contribution in [0.15, 0.2) is 54.6 Å². The SMILES string of the molecule is Cc1cc(NC(=O)NCCN2CCC(NC(=O)Cc3ccc(F)cc3)C2)c2ccccc2n1. The lowest BCUT2D eigenvalue weighted by Crippen LogP contribution is -2.40. The third kappa shape index (κ3) is 6.26. The number of fused-ring (bicyclic) bond motifs is 1. The Morgan fingerprint density at radius 1 is 1.15 bits per heavy atom. The van der Waals surface area contributed by atoms with Crippen LogP contribution < -0.4 is 16.0 Å². The molecule has 4 rings (SSSR count). The second-order valence-electron chi connectivity index (χ2n) is 8.37. The quantitative estimate of drug-likeness (QED) is 0.517. The number of pyridine rings is 1. The number of para-hydroxylation sites is 1. The Bertz CT molecular complexity index is 1140. The molecule has 7 nitrogen and oxygen atoms in total. The van der Waals surface area contributed by atoms with Crippen LogP contribution in [0.4, 0.5) is 14.9 Å². The van der Waals surface area contributed by atoms with Crippen molar-refractivity contribution in [2.24, 2.45) is 0 Å². The van der Waals surface area contributed by atoms with Crippen molar-refractivity contribution in [1.82, 2.24) is 20.5 Å². The van der Waals surface area contributed by atoms with Crippen molar-refractivity contribution < 1.29 is 14.0 Å². The topological polar surface area (TPSA) is 86.4 Å². The van der Waals surface area contributed by atoms with Gasteiger partial charge in [0, 0.05) is 43.3 Å². The number of carbonyl (C=O) groups excluding carboxylic acids is 2. The molecule has 0 spiro atoms. The molecule has 1 aliphatic heterocycles. The molecule has 3 aromatic rings. The van der Waals surface area contributed by atoms with Crippen molar-refractivity contribution in [1.29, 1.82) is 0 Å². The van der Waals surface area contributed by atoms with Crippen LogP contribution in [0, 0.1) is 12.7 Å². The van der Waals surface area contributed by atoms with E-state index in [4.69, 9.17) is 0 Å². The normalized spacial score (nSPS) is 16.0. The average molecular weight is 450 g/mol. The lowest BCUT2D eigenvalue weighted by atomic mass is 10.1. The third-order valence-corrected chi connectivity index (χ3v) is 5.72. The molecule has 1 aromatic heterocycles. The molecule has 172 valence electrons. The summed E-state index contributed by atoms with van der Waals surface area (Å²) in [5, 5.41) is 9.77. The largest absolute Gasteiger partial charge is 0.352 e. The van der Waals surface area contributed by atoms with Crippen molar-refractivity contribution in [3.63, 3.8) is 0 Å². The lowest BCUT2D eigenvalue weighted by Gasteiger charge is -2.17. The van der Waals surface area contributed by atoms with Gasteiger partial charge in [-0.25, -0.2) is 9.18 Å². The van der Waals surface area contributed by atoms with Gasteiger partial charge in [-0.05, 0) is 43.2 Å². The fourth-order valence-corrected chi connectivity index (χ4v) is 4.13. The zero-order chi connectivity index (χ0) is 23.2. The Morgan fingerprint density at radius 3 is 2.76 bits per heavy atom. The van der Waals surface area contributed by atoms with E-state index in [9.17, 15) is 14.0 Å². The second-order valence-corrected chi connectivity index (χ2v) is 8.37. The van der Waals surface area contributed by atoms with Gasteiger partial charge in [0.15, 0.2) is 0 Å². The summed E-state index contributed by atoms with van der Waals surface area (Å²) < 4.78 is 13.0. The number of urea groups is 1. The molecule has 0 radical (unpaired) electrons. The summed E-state index contributed by atoms with van der Waals surface area (Å²) in [5.41, 5.74) is 3.21. The molecule has 0 aliphatic carbocycles. The second kappa shape index (κ2) is 10.4. The molecule has 1 atom stereocenters. The van der Waals surface area contributed by atoms with Crippen molar-refractivity contribution in [3.8, 4) is 0 Å². The Kier molecular flexibility index (Phi) is 7.14. The van der Waals surface area contributed by atoms with E-state index >= 15 is 0 Å². The molecule has 2 aromatic carbocycles. The first kappa shape index (κ1) is 22.7. The standard InChI is InChI=1S/C25H28FN5O2/c1-17-14-23(21-4-2-3-5-22(21)28-17)30-25(33)27-11-13-31-12-10-20(16-31)29-24(32)15-18-6-8-19(26)9-7-18/h2-9,14,20H,10-13,15-16H2,1H3,(H,29,32)(H2,27,28,30,33). The summed E-state index contributed by atoms with van der Waals surface area (Å²) in [6.07, 6.45) is 1.10. The van der Waals surface area contributed by atoms with Gasteiger partial charge in [0.05, 0.1) is 17.6 Å². The van der Waals surface area contributed by atoms with E-state index in [1.165, 1.54) is 12.1 Å². The Balaban J connectivity index is 1.19. The number of halogens is 1. The van der Waals surface area contributed by atoms with Crippen LogP contribution in [-0.2, 0) is 11.2 Å². The molecule has 2 heterocycles. The molecule has 33 heavy (non-hydrogen) atoms. The molecule has 1 saturated heterocycles. The van der Waals surface area contributed by atoms with Gasteiger partial charge in [-0.1, -0.05) is 30.3 Å². The monoisotopic (exact) mass is 449 g/mol. The predicted molar refractivity (Wildman–Crippen MR) is 127 cm³/mol. The fraction of sp³-hybridized carbons (Fsp3) is 0.320. The molecular weight excluding hydrogens is 421 g/mol. The summed E-state index contributed by atoms with van der Waals surface area (Å²) in [7, 11) is 0. The number of likely N-dealkylation sites (tertiary alicyclic amines) is 1. The van der Waals surface area contributed by atoms with Crippen LogP contribution in [0.2, 0.25) is 0 Å². The highest BCUT2D eigenvalue weighted by molar-refractivity contribution is 6.00. The van der Waals surface area contributed by atoms with E-state index in [0.717, 1.165) is 47.4 Å². The first-order valence-corrected chi connectivity index (χ1v) is 11.1. The number of nitrogens with zero attached hydrogens (tertiary/aromatic N) is 2. The first-order chi connectivity index (χ1) is 16.0. The van der Waals surface area contributed by atoms with Crippen LogP contribution >= 0.6 is 0 Å². The maximum atomic E-state index is 13.0. The molecule has 0 bridgehead atoms. The number of anilines is 1. The number of amides is 3. The van der Waals surface area contributed by atoms with Crippen LogP contribution in [-0.4, -0.2) is 54.0 Å². The van der Waals surface area contributed by atoms with Crippen molar-refractivity contribution in [2.45, 2.75) is 25.8 Å². The van der Waals surface area contributed by atoms with Gasteiger partial charge < -0.3 is 16.0 Å². The lowest BCUT2D eigenvalue weighted by molar-refractivity contribution is -0.121. The van der Waals surface area contributed by atoms with Gasteiger partial charge in [-0.3, -0.25) is 14.7 Å². The number of benzene rings is 2. The molecule has 1 fully saturated rings. The Hall–Kier alpha value is -3.52. The van der Waals surface area contributed by atoms with Gasteiger partial charge in [-0.15, -0.1) is 0 Å². The smallest absolute Gasteiger partial charge is 0.319 e. The van der Waals surface area contributed by atoms with Crippen LogP contribution in [0.3, 0.4) is 0 Å². The van der Waals surface area contributed by atoms with Crippen molar-refractivity contribution in [3.05, 3.63) is 71.7 Å². The molecule has 1 aliphatic rings. The maximum absolute atomic E-state index is 13.0. The highest BCUT2D eigenvalue weighted by atomic mass is 19.1. The van der Waals surface area contributed by atoms with E-state index in [1.54, 1.807) is 12.1 Å². The maximum Gasteiger partial charge on any atom is 0.319 e. The number of nitrogens with one attached hydrogen (secondary N) is 3. The van der Waals surface area contributed by atoms with Gasteiger partial charge in [0.25, 0.3) is 0 Å². The number of carbonyl (C=O) groups is 2. The van der Waals surface area contributed by atoms with Gasteiger partial charge in [0.1, 0.15) is 5.82 Å². The molecule has 8 heteroatoms. The Morgan fingerprint density at radius 2 is 1.94 bits per heavy atom. The number of hydrogen-bond acceptors (Lipinski definition) is 4. The van der Waals surface area contributed by atoms with Gasteiger partial charge >= 0.3 is 6.03 Å². The number of aromatic nitrogens is 1. The fourth-order valence-electron chi connectivity index (χ4n) is 4.13. The highest BCUT2D eigenvalue weighted by Crippen LogP contribution is 2.22. The summed E-state index contributed by atoms with van der Waals surface area (Å²) in [6.45, 7) is 4.71. The summed E-state index contributed by atoms with van der Waals surface area (Å²) in [4.78, 5) is 31.4. The first-order valence-electron chi connectivity index (χ1n) is 11.1. The zero-order valence-electron chi connectivity index (χ0n) is 18.6. The van der Waals surface area contributed by atoms with Gasteiger partial charge in [0.2, 0.25) is 5.91 Å². The van der Waals surface area contributed by atoms with Crippen LogP contribution in [0.5, 0.6) is 0 Å². The van der Waals surface area contributed by atoms with E-state index in [1.807, 2.05) is 37.3 Å². The summed E-state index contributed by atoms with van der Waals surface area (Å²) in [5.74, 6) is -0.372. The average Bonchev–Trinajstić information content (AvgIpc) is 3.22. The number of rotatable bonds is 7. The minimum Gasteiger partial charge on any atom is -0.352 e. The third-order valence-electron chi connectivity index (χ3n) is 5.72. The minimum absolute atomic E-state index is 0.0640. The summed E-state index contributed by atoms with van der Waals surface area (Å²) >= 11 is 0. The van der Waals surface area contributed by atoms with Crippen LogP contribution in [0.1, 0.15) is 17.7 Å². The van der Waals surface area contributed by atoms with Crippen molar-refractivity contribution >= 4 is 28.5 Å². The molecule has 0 saturated carbocycles. The van der Waals surface area contributed by atoms with Crippen molar-refractivity contribution in [2.75, 3.05) is 31.5 Å².